The van der Waals surface area contributed by atoms with Crippen molar-refractivity contribution in [2.45, 2.75) is 19.9 Å². The van der Waals surface area contributed by atoms with Crippen LogP contribution in [0.4, 0.5) is 11.8 Å². The number of anilines is 2. The Morgan fingerprint density at radius 3 is 2.70 bits per heavy atom. The number of fused-ring (bicyclic) bond motifs is 2. The molecule has 1 saturated carbocycles. The lowest BCUT2D eigenvalue weighted by molar-refractivity contribution is 0.694. The normalized spacial score (nSPS) is 27.6. The maximum absolute atomic E-state index is 6.08. The van der Waals surface area contributed by atoms with E-state index in [-0.39, 0.29) is 0 Å². The molecule has 20 heavy (non-hydrogen) atoms. The highest BCUT2D eigenvalue weighted by molar-refractivity contribution is 5.89. The van der Waals surface area contributed by atoms with Gasteiger partial charge in [-0.15, -0.1) is 0 Å². The summed E-state index contributed by atoms with van der Waals surface area (Å²) in [6, 6.07) is 2.49. The summed E-state index contributed by atoms with van der Waals surface area (Å²) in [4.78, 5) is 13.4. The molecule has 0 aromatic carbocycles. The van der Waals surface area contributed by atoms with E-state index >= 15 is 0 Å². The van der Waals surface area contributed by atoms with Crippen molar-refractivity contribution in [2.24, 2.45) is 11.8 Å². The molecule has 4 N–H and O–H groups in total. The molecular formula is C14H18N6. The molecule has 1 aliphatic carbocycles. The molecule has 0 spiro atoms. The van der Waals surface area contributed by atoms with Crippen LogP contribution in [0.2, 0.25) is 0 Å². The molecule has 0 radical (unpaired) electrons. The van der Waals surface area contributed by atoms with E-state index in [1.54, 1.807) is 0 Å². The van der Waals surface area contributed by atoms with Gasteiger partial charge < -0.3 is 16.4 Å². The number of aryl methyl sites for hydroxylation is 2. The number of pyridine rings is 1. The zero-order valence-corrected chi connectivity index (χ0v) is 11.6. The Morgan fingerprint density at radius 2 is 1.95 bits per heavy atom. The highest BCUT2D eigenvalue weighted by Gasteiger charge is 2.53. The highest BCUT2D eigenvalue weighted by Crippen LogP contribution is 2.43. The third kappa shape index (κ3) is 1.71. The fraction of sp³-hybridized carbons (Fsp3) is 0.500. The van der Waals surface area contributed by atoms with Crippen molar-refractivity contribution in [1.29, 1.82) is 0 Å². The maximum Gasteiger partial charge on any atom is 0.226 e. The Labute approximate surface area is 117 Å². The lowest BCUT2D eigenvalue weighted by Gasteiger charge is -2.10. The van der Waals surface area contributed by atoms with E-state index in [1.807, 2.05) is 19.9 Å². The first-order valence-electron chi connectivity index (χ1n) is 7.02. The number of hydrogen-bond donors (Lipinski definition) is 3. The predicted octanol–water partition coefficient (Wildman–Crippen LogP) is 0.854. The van der Waals surface area contributed by atoms with Crippen LogP contribution in [0.15, 0.2) is 6.07 Å². The van der Waals surface area contributed by atoms with E-state index in [2.05, 4.69) is 25.6 Å². The van der Waals surface area contributed by atoms with Gasteiger partial charge in [0, 0.05) is 24.8 Å². The van der Waals surface area contributed by atoms with Crippen molar-refractivity contribution in [2.75, 3.05) is 24.1 Å². The van der Waals surface area contributed by atoms with Gasteiger partial charge in [-0.1, -0.05) is 0 Å². The number of hydrogen-bond acceptors (Lipinski definition) is 6. The first-order chi connectivity index (χ1) is 9.63. The molecule has 2 aromatic rings. The van der Waals surface area contributed by atoms with E-state index in [0.717, 1.165) is 29.7 Å². The second kappa shape index (κ2) is 4.02. The van der Waals surface area contributed by atoms with Gasteiger partial charge in [-0.2, -0.15) is 9.97 Å². The summed E-state index contributed by atoms with van der Waals surface area (Å²) >= 11 is 0. The standard InChI is InChI=1S/C14H18N6/c1-6-3-7(2)17-13-10(6)12(15)19-14(20-13)18-11-8-4-16-5-9(8)11/h3,8-9,11,16H,4-5H2,1-2H3,(H3,15,17,18,19,20). The largest absolute Gasteiger partial charge is 0.383 e. The smallest absolute Gasteiger partial charge is 0.226 e. The third-order valence-electron chi connectivity index (χ3n) is 4.41. The van der Waals surface area contributed by atoms with Crippen molar-refractivity contribution in [1.82, 2.24) is 20.3 Å². The highest BCUT2D eigenvalue weighted by atomic mass is 15.2. The summed E-state index contributed by atoms with van der Waals surface area (Å²) in [5.74, 6) is 2.53. The van der Waals surface area contributed by atoms with Crippen LogP contribution < -0.4 is 16.4 Å². The van der Waals surface area contributed by atoms with Crippen molar-refractivity contribution in [3.8, 4) is 0 Å². The number of nitrogens with two attached hydrogens (primary N) is 1. The van der Waals surface area contributed by atoms with Crippen LogP contribution in [0.5, 0.6) is 0 Å². The van der Waals surface area contributed by atoms with Crippen LogP contribution in [0.25, 0.3) is 11.0 Å². The molecule has 6 nitrogen and oxygen atoms in total. The Kier molecular flexibility index (Phi) is 2.38. The third-order valence-corrected chi connectivity index (χ3v) is 4.41. The van der Waals surface area contributed by atoms with E-state index in [9.17, 15) is 0 Å². The van der Waals surface area contributed by atoms with Gasteiger partial charge >= 0.3 is 0 Å². The lowest BCUT2D eigenvalue weighted by Crippen LogP contribution is -2.22. The summed E-state index contributed by atoms with van der Waals surface area (Å²) < 4.78 is 0. The van der Waals surface area contributed by atoms with Gasteiger partial charge in [-0.25, -0.2) is 4.98 Å². The summed E-state index contributed by atoms with van der Waals surface area (Å²) in [5.41, 5.74) is 8.78. The Balaban J connectivity index is 1.71. The molecule has 2 unspecified atom stereocenters. The van der Waals surface area contributed by atoms with Crippen LogP contribution in [-0.4, -0.2) is 34.1 Å². The van der Waals surface area contributed by atoms with E-state index in [4.69, 9.17) is 5.73 Å². The molecule has 1 saturated heterocycles. The van der Waals surface area contributed by atoms with Crippen molar-refractivity contribution in [3.63, 3.8) is 0 Å². The molecular weight excluding hydrogens is 252 g/mol. The molecule has 6 heteroatoms. The van der Waals surface area contributed by atoms with E-state index in [0.29, 0.717) is 35.3 Å². The van der Waals surface area contributed by atoms with Gasteiger partial charge in [0.05, 0.1) is 5.39 Å². The van der Waals surface area contributed by atoms with Crippen molar-refractivity contribution >= 4 is 22.8 Å². The molecule has 2 aromatic heterocycles. The SMILES string of the molecule is Cc1cc(C)c2c(N)nc(NC3C4CNCC43)nc2n1. The molecule has 104 valence electrons. The number of piperidine rings is 1. The van der Waals surface area contributed by atoms with E-state index < -0.39 is 0 Å². The monoisotopic (exact) mass is 270 g/mol. The van der Waals surface area contributed by atoms with Gasteiger partial charge in [0.2, 0.25) is 5.95 Å². The van der Waals surface area contributed by atoms with Crippen LogP contribution in [0.1, 0.15) is 11.3 Å². The summed E-state index contributed by atoms with van der Waals surface area (Å²) in [6.45, 7) is 6.15. The second-order valence-corrected chi connectivity index (χ2v) is 5.87. The summed E-state index contributed by atoms with van der Waals surface area (Å²) in [5, 5.41) is 7.64. The fourth-order valence-electron chi connectivity index (χ4n) is 3.36. The molecule has 2 aliphatic rings. The zero-order chi connectivity index (χ0) is 13.9. The second-order valence-electron chi connectivity index (χ2n) is 5.87. The first kappa shape index (κ1) is 11.8. The number of rotatable bonds is 2. The number of aromatic nitrogens is 3. The van der Waals surface area contributed by atoms with Gasteiger partial charge in [0.15, 0.2) is 5.65 Å². The molecule has 0 bridgehead atoms. The average molecular weight is 270 g/mol. The van der Waals surface area contributed by atoms with Gasteiger partial charge in [0.1, 0.15) is 5.82 Å². The molecule has 0 amide bonds. The van der Waals surface area contributed by atoms with Crippen molar-refractivity contribution in [3.05, 3.63) is 17.3 Å². The summed E-state index contributed by atoms with van der Waals surface area (Å²) in [6.07, 6.45) is 0. The zero-order valence-electron chi connectivity index (χ0n) is 11.6. The van der Waals surface area contributed by atoms with Gasteiger partial charge in [0.25, 0.3) is 0 Å². The first-order valence-corrected chi connectivity index (χ1v) is 7.02. The Bertz CT molecular complexity index is 688. The minimum absolute atomic E-state index is 0.485. The quantitative estimate of drug-likeness (QED) is 0.750. The van der Waals surface area contributed by atoms with Crippen LogP contribution in [-0.2, 0) is 0 Å². The van der Waals surface area contributed by atoms with Crippen LogP contribution in [0.3, 0.4) is 0 Å². The fourth-order valence-corrected chi connectivity index (χ4v) is 3.36. The molecule has 3 heterocycles. The maximum atomic E-state index is 6.08. The molecule has 2 atom stereocenters. The average Bonchev–Trinajstić information content (AvgIpc) is 2.82. The van der Waals surface area contributed by atoms with E-state index in [1.165, 1.54) is 0 Å². The topological polar surface area (TPSA) is 88.8 Å². The minimum Gasteiger partial charge on any atom is -0.383 e. The Morgan fingerprint density at radius 1 is 1.20 bits per heavy atom. The van der Waals surface area contributed by atoms with Crippen LogP contribution in [0, 0.1) is 25.7 Å². The number of nitrogens with one attached hydrogen (secondary N) is 2. The Hall–Kier alpha value is -1.95. The predicted molar refractivity (Wildman–Crippen MR) is 78.5 cm³/mol. The number of nitrogen functional groups attached to an aromatic ring is 1. The number of nitrogens with zero attached hydrogens (tertiary/aromatic N) is 3. The summed E-state index contributed by atoms with van der Waals surface area (Å²) in [7, 11) is 0. The van der Waals surface area contributed by atoms with Gasteiger partial charge in [-0.3, -0.25) is 0 Å². The van der Waals surface area contributed by atoms with Gasteiger partial charge in [-0.05, 0) is 37.3 Å². The van der Waals surface area contributed by atoms with Crippen molar-refractivity contribution < 1.29 is 0 Å². The molecule has 1 aliphatic heterocycles. The minimum atomic E-state index is 0.485. The van der Waals surface area contributed by atoms with Crippen LogP contribution >= 0.6 is 0 Å². The molecule has 4 rings (SSSR count). The molecule has 2 fully saturated rings. The lowest BCUT2D eigenvalue weighted by atomic mass is 10.1.